The van der Waals surface area contributed by atoms with Crippen LogP contribution in [0.5, 0.6) is 5.75 Å². The average Bonchev–Trinajstić information content (AvgIpc) is 3.03. The minimum Gasteiger partial charge on any atom is -0.497 e. The van der Waals surface area contributed by atoms with E-state index in [4.69, 9.17) is 4.74 Å². The fourth-order valence-electron chi connectivity index (χ4n) is 3.97. The van der Waals surface area contributed by atoms with Crippen molar-refractivity contribution in [1.82, 2.24) is 9.80 Å². The van der Waals surface area contributed by atoms with E-state index >= 15 is 0 Å². The van der Waals surface area contributed by atoms with Crippen molar-refractivity contribution in [2.45, 2.75) is 19.0 Å². The number of nitrogens with zero attached hydrogens (tertiary/aromatic N) is 3. The van der Waals surface area contributed by atoms with Crippen molar-refractivity contribution >= 4 is 17.5 Å². The maximum Gasteiger partial charge on any atom is 0.247 e. The monoisotopic (exact) mass is 379 g/mol. The second-order valence-electron chi connectivity index (χ2n) is 7.24. The number of benzene rings is 2. The molecule has 2 heterocycles. The molecule has 146 valence electrons. The van der Waals surface area contributed by atoms with Crippen molar-refractivity contribution < 1.29 is 14.3 Å². The Morgan fingerprint density at radius 3 is 2.25 bits per heavy atom. The summed E-state index contributed by atoms with van der Waals surface area (Å²) in [5.74, 6) is 0.708. The molecule has 0 aromatic heterocycles. The molecule has 0 unspecified atom stereocenters. The third-order valence-corrected chi connectivity index (χ3v) is 5.60. The summed E-state index contributed by atoms with van der Waals surface area (Å²) in [7, 11) is 1.66. The molecule has 2 aromatic rings. The number of rotatable bonds is 5. The highest BCUT2D eigenvalue weighted by molar-refractivity contribution is 6.05. The Balaban J connectivity index is 1.36. The van der Waals surface area contributed by atoms with Crippen molar-refractivity contribution in [3.05, 3.63) is 60.2 Å². The molecule has 6 nitrogen and oxygen atoms in total. The number of carbonyl (C=O) groups is 2. The molecule has 2 aliphatic rings. The fourth-order valence-corrected chi connectivity index (χ4v) is 3.97. The summed E-state index contributed by atoms with van der Waals surface area (Å²) < 4.78 is 5.21. The second kappa shape index (κ2) is 8.02. The summed E-state index contributed by atoms with van der Waals surface area (Å²) in [6.45, 7) is 3.58. The van der Waals surface area contributed by atoms with Gasteiger partial charge < -0.3 is 9.64 Å². The van der Waals surface area contributed by atoms with Crippen molar-refractivity contribution in [3.8, 4) is 5.75 Å². The van der Waals surface area contributed by atoms with Crippen molar-refractivity contribution in [1.29, 1.82) is 0 Å². The Hall–Kier alpha value is -2.86. The topological polar surface area (TPSA) is 53.1 Å². The van der Waals surface area contributed by atoms with Crippen molar-refractivity contribution in [3.63, 3.8) is 0 Å². The lowest BCUT2D eigenvalue weighted by molar-refractivity contribution is -0.140. The lowest BCUT2D eigenvalue weighted by Gasteiger charge is -2.38. The van der Waals surface area contributed by atoms with Crippen LogP contribution in [0.3, 0.4) is 0 Å². The maximum absolute atomic E-state index is 12.9. The first kappa shape index (κ1) is 18.5. The average molecular weight is 379 g/mol. The predicted molar refractivity (Wildman–Crippen MR) is 107 cm³/mol. The normalized spacial score (nSPS) is 20.7. The van der Waals surface area contributed by atoms with Crippen LogP contribution in [0, 0.1) is 0 Å². The van der Waals surface area contributed by atoms with E-state index in [9.17, 15) is 9.59 Å². The van der Waals surface area contributed by atoms with E-state index in [1.165, 1.54) is 4.90 Å². The van der Waals surface area contributed by atoms with E-state index in [0.717, 1.165) is 43.2 Å². The van der Waals surface area contributed by atoms with Gasteiger partial charge >= 0.3 is 0 Å². The summed E-state index contributed by atoms with van der Waals surface area (Å²) >= 11 is 0. The van der Waals surface area contributed by atoms with Gasteiger partial charge in [0.2, 0.25) is 11.8 Å². The molecule has 0 N–H and O–H groups in total. The van der Waals surface area contributed by atoms with E-state index in [0.29, 0.717) is 6.54 Å². The number of amides is 2. The van der Waals surface area contributed by atoms with Gasteiger partial charge in [0.05, 0.1) is 26.1 Å². The lowest BCUT2D eigenvalue weighted by Crippen LogP contribution is -2.52. The van der Waals surface area contributed by atoms with E-state index in [1.807, 2.05) is 42.5 Å². The van der Waals surface area contributed by atoms with Gasteiger partial charge in [-0.25, -0.2) is 0 Å². The molecule has 2 aromatic carbocycles. The van der Waals surface area contributed by atoms with Crippen molar-refractivity contribution in [2.75, 3.05) is 38.2 Å². The van der Waals surface area contributed by atoms with Gasteiger partial charge in [0.1, 0.15) is 5.75 Å². The molecule has 28 heavy (non-hydrogen) atoms. The standard InChI is InChI=1S/C22H25N3O3/c1-28-19-9-7-18(8-10-19)23-11-13-24(14-12-23)20-15-21(26)25(22(20)27)16-17-5-3-2-4-6-17/h2-10,20H,11-16H2,1H3/t20-/m1/s1. The van der Waals surface area contributed by atoms with Gasteiger partial charge in [-0.3, -0.25) is 19.4 Å². The highest BCUT2D eigenvalue weighted by Gasteiger charge is 2.42. The highest BCUT2D eigenvalue weighted by Crippen LogP contribution is 2.25. The minimum atomic E-state index is -0.325. The zero-order valence-electron chi connectivity index (χ0n) is 16.1. The van der Waals surface area contributed by atoms with Crippen LogP contribution in [0.25, 0.3) is 0 Å². The summed E-state index contributed by atoms with van der Waals surface area (Å²) in [5, 5.41) is 0. The van der Waals surface area contributed by atoms with Gasteiger partial charge in [-0.1, -0.05) is 30.3 Å². The lowest BCUT2D eigenvalue weighted by atomic mass is 10.1. The molecule has 1 atom stereocenters. The largest absolute Gasteiger partial charge is 0.497 e. The highest BCUT2D eigenvalue weighted by atomic mass is 16.5. The predicted octanol–water partition coefficient (Wildman–Crippen LogP) is 2.14. The Morgan fingerprint density at radius 2 is 1.61 bits per heavy atom. The smallest absolute Gasteiger partial charge is 0.247 e. The first-order valence-corrected chi connectivity index (χ1v) is 9.67. The van der Waals surface area contributed by atoms with Gasteiger partial charge in [0.15, 0.2) is 0 Å². The molecule has 0 aliphatic carbocycles. The van der Waals surface area contributed by atoms with Gasteiger partial charge in [0, 0.05) is 31.9 Å². The fraction of sp³-hybridized carbons (Fsp3) is 0.364. The molecule has 2 aliphatic heterocycles. The Morgan fingerprint density at radius 1 is 0.929 bits per heavy atom. The molecule has 0 saturated carbocycles. The number of likely N-dealkylation sites (tertiary alicyclic amines) is 1. The number of hydrogen-bond acceptors (Lipinski definition) is 5. The number of anilines is 1. The molecule has 4 rings (SSSR count). The molecule has 2 amide bonds. The second-order valence-corrected chi connectivity index (χ2v) is 7.24. The van der Waals surface area contributed by atoms with Gasteiger partial charge in [0.25, 0.3) is 0 Å². The van der Waals surface area contributed by atoms with Crippen LogP contribution in [0.15, 0.2) is 54.6 Å². The summed E-state index contributed by atoms with van der Waals surface area (Å²) in [5.41, 5.74) is 2.13. The summed E-state index contributed by atoms with van der Waals surface area (Å²) in [6.07, 6.45) is 0.286. The van der Waals surface area contributed by atoms with E-state index < -0.39 is 0 Å². The number of piperazine rings is 1. The number of imide groups is 1. The van der Waals surface area contributed by atoms with Crippen LogP contribution >= 0.6 is 0 Å². The number of carbonyl (C=O) groups excluding carboxylic acids is 2. The van der Waals surface area contributed by atoms with Crippen LogP contribution < -0.4 is 9.64 Å². The molecular formula is C22H25N3O3. The van der Waals surface area contributed by atoms with E-state index in [-0.39, 0.29) is 24.3 Å². The van der Waals surface area contributed by atoms with Crippen molar-refractivity contribution in [2.24, 2.45) is 0 Å². The molecule has 0 spiro atoms. The molecular weight excluding hydrogens is 354 g/mol. The van der Waals surface area contributed by atoms with Crippen LogP contribution in [0.1, 0.15) is 12.0 Å². The van der Waals surface area contributed by atoms with Crippen LogP contribution in [0.4, 0.5) is 5.69 Å². The minimum absolute atomic E-state index is 0.0632. The summed E-state index contributed by atoms with van der Waals surface area (Å²) in [6, 6.07) is 17.4. The van der Waals surface area contributed by atoms with Crippen LogP contribution in [-0.2, 0) is 16.1 Å². The maximum atomic E-state index is 12.9. The first-order chi connectivity index (χ1) is 13.7. The third-order valence-electron chi connectivity index (χ3n) is 5.60. The molecule has 0 radical (unpaired) electrons. The molecule has 0 bridgehead atoms. The number of methoxy groups -OCH3 is 1. The number of hydrogen-bond donors (Lipinski definition) is 0. The van der Waals surface area contributed by atoms with Crippen LogP contribution in [0.2, 0.25) is 0 Å². The Labute approximate surface area is 165 Å². The van der Waals surface area contributed by atoms with Gasteiger partial charge in [-0.05, 0) is 29.8 Å². The van der Waals surface area contributed by atoms with Crippen LogP contribution in [-0.4, -0.2) is 60.9 Å². The Bertz CT molecular complexity index is 830. The number of ether oxygens (including phenoxy) is 1. The van der Waals surface area contributed by atoms with E-state index in [1.54, 1.807) is 7.11 Å². The van der Waals surface area contributed by atoms with E-state index in [2.05, 4.69) is 21.9 Å². The quantitative estimate of drug-likeness (QED) is 0.745. The molecule has 2 saturated heterocycles. The Kier molecular flexibility index (Phi) is 5.30. The van der Waals surface area contributed by atoms with Gasteiger partial charge in [-0.15, -0.1) is 0 Å². The zero-order valence-corrected chi connectivity index (χ0v) is 16.1. The van der Waals surface area contributed by atoms with Gasteiger partial charge in [-0.2, -0.15) is 0 Å². The first-order valence-electron chi connectivity index (χ1n) is 9.67. The molecule has 6 heteroatoms. The zero-order chi connectivity index (χ0) is 19.5. The molecule has 2 fully saturated rings. The SMILES string of the molecule is COc1ccc(N2CCN([C@@H]3CC(=O)N(Cc4ccccc4)C3=O)CC2)cc1. The summed E-state index contributed by atoms with van der Waals surface area (Å²) in [4.78, 5) is 31.2. The third kappa shape index (κ3) is 3.73.